The highest BCUT2D eigenvalue weighted by molar-refractivity contribution is 8.00. The van der Waals surface area contributed by atoms with Gasteiger partial charge in [0.25, 0.3) is 0 Å². The van der Waals surface area contributed by atoms with E-state index in [9.17, 15) is 9.59 Å². The van der Waals surface area contributed by atoms with Crippen LogP contribution in [0.2, 0.25) is 0 Å². The van der Waals surface area contributed by atoms with E-state index in [4.69, 9.17) is 4.74 Å². The minimum atomic E-state index is -0.375. The lowest BCUT2D eigenvalue weighted by molar-refractivity contribution is -0.117. The molecule has 1 saturated heterocycles. The third kappa shape index (κ3) is 4.74. The zero-order chi connectivity index (χ0) is 17.7. The molecule has 0 bridgehead atoms. The molecule has 2 rings (SSSR count). The number of esters is 1. The van der Waals surface area contributed by atoms with Crippen LogP contribution in [0.5, 0.6) is 0 Å². The van der Waals surface area contributed by atoms with E-state index in [-0.39, 0.29) is 11.9 Å². The Morgan fingerprint density at radius 1 is 1.38 bits per heavy atom. The molecule has 5 nitrogen and oxygen atoms in total. The van der Waals surface area contributed by atoms with Gasteiger partial charge >= 0.3 is 5.97 Å². The summed E-state index contributed by atoms with van der Waals surface area (Å²) in [4.78, 5) is 27.8. The van der Waals surface area contributed by atoms with Crippen molar-refractivity contribution in [3.05, 3.63) is 16.5 Å². The summed E-state index contributed by atoms with van der Waals surface area (Å²) in [6.45, 7) is 9.76. The maximum Gasteiger partial charge on any atom is 0.341 e. The van der Waals surface area contributed by atoms with E-state index in [0.29, 0.717) is 35.0 Å². The Labute approximate surface area is 152 Å². The zero-order valence-corrected chi connectivity index (χ0v) is 16.4. The Bertz CT molecular complexity index is 588. The smallest absolute Gasteiger partial charge is 0.341 e. The molecule has 1 aliphatic heterocycles. The molecular weight excluding hydrogens is 344 g/mol. The molecule has 1 fully saturated rings. The second kappa shape index (κ2) is 8.87. The quantitative estimate of drug-likeness (QED) is 0.779. The first-order valence-corrected chi connectivity index (χ1v) is 10.3. The minimum Gasteiger partial charge on any atom is -0.462 e. The second-order valence-corrected chi connectivity index (χ2v) is 8.49. The van der Waals surface area contributed by atoms with Crippen molar-refractivity contribution in [3.8, 4) is 0 Å². The van der Waals surface area contributed by atoms with Gasteiger partial charge in [-0.15, -0.1) is 11.3 Å². The number of ether oxygens (including phenoxy) is 1. The molecule has 2 heterocycles. The zero-order valence-electron chi connectivity index (χ0n) is 14.8. The highest BCUT2D eigenvalue weighted by Gasteiger charge is 2.27. The van der Waals surface area contributed by atoms with Crippen LogP contribution in [0.4, 0.5) is 5.00 Å². The van der Waals surface area contributed by atoms with Crippen LogP contribution in [-0.4, -0.2) is 53.5 Å². The first-order valence-electron chi connectivity index (χ1n) is 8.41. The number of nitrogens with one attached hydrogen (secondary N) is 1. The molecule has 134 valence electrons. The predicted molar refractivity (Wildman–Crippen MR) is 101 cm³/mol. The van der Waals surface area contributed by atoms with E-state index in [1.165, 1.54) is 11.3 Å². The van der Waals surface area contributed by atoms with Gasteiger partial charge in [0, 0.05) is 28.5 Å². The number of carbonyl (C=O) groups excluding carboxylic acids is 2. The molecule has 0 spiro atoms. The third-order valence-electron chi connectivity index (χ3n) is 4.24. The summed E-state index contributed by atoms with van der Waals surface area (Å²) in [5.41, 5.74) is 0.461. The summed E-state index contributed by atoms with van der Waals surface area (Å²) in [6.07, 6.45) is 0.824. The Morgan fingerprint density at radius 2 is 2.12 bits per heavy atom. The van der Waals surface area contributed by atoms with E-state index in [1.807, 2.05) is 24.8 Å². The van der Waals surface area contributed by atoms with Gasteiger partial charge in [-0.2, -0.15) is 11.8 Å². The van der Waals surface area contributed by atoms with Crippen molar-refractivity contribution < 1.29 is 14.3 Å². The van der Waals surface area contributed by atoms with Gasteiger partial charge < -0.3 is 10.1 Å². The van der Waals surface area contributed by atoms with E-state index < -0.39 is 0 Å². The van der Waals surface area contributed by atoms with Crippen molar-refractivity contribution in [3.63, 3.8) is 0 Å². The lowest BCUT2D eigenvalue weighted by atomic mass is 10.2. The number of thiophene rings is 1. The summed E-state index contributed by atoms with van der Waals surface area (Å²) in [7, 11) is 0. The average Bonchev–Trinajstić information content (AvgIpc) is 2.95. The maximum atomic E-state index is 12.5. The molecule has 0 radical (unpaired) electrons. The molecule has 0 aromatic carbocycles. The molecular formula is C17H26N2O3S2. The number of nitrogens with zero attached hydrogens (tertiary/aromatic N) is 1. The lowest BCUT2D eigenvalue weighted by Gasteiger charge is -2.36. The van der Waals surface area contributed by atoms with Crippen LogP contribution in [0.15, 0.2) is 6.07 Å². The molecule has 1 aromatic heterocycles. The van der Waals surface area contributed by atoms with Crippen molar-refractivity contribution in [1.82, 2.24) is 4.90 Å². The number of thioether (sulfide) groups is 1. The molecule has 1 aromatic rings. The lowest BCUT2D eigenvalue weighted by Crippen LogP contribution is -2.47. The number of carbonyl (C=O) groups is 2. The van der Waals surface area contributed by atoms with Gasteiger partial charge in [0.1, 0.15) is 5.00 Å². The number of hydrogen-bond donors (Lipinski definition) is 1. The molecule has 1 N–H and O–H groups in total. The van der Waals surface area contributed by atoms with Crippen molar-refractivity contribution in [2.24, 2.45) is 0 Å². The van der Waals surface area contributed by atoms with Crippen LogP contribution in [0.3, 0.4) is 0 Å². The van der Waals surface area contributed by atoms with Gasteiger partial charge in [0.2, 0.25) is 5.91 Å². The fraction of sp³-hybridized carbons (Fsp3) is 0.647. The second-order valence-electron chi connectivity index (χ2n) is 5.86. The number of amides is 1. The van der Waals surface area contributed by atoms with Crippen LogP contribution >= 0.6 is 23.1 Å². The van der Waals surface area contributed by atoms with E-state index >= 15 is 0 Å². The Balaban J connectivity index is 2.05. The van der Waals surface area contributed by atoms with E-state index in [2.05, 4.69) is 24.1 Å². The van der Waals surface area contributed by atoms with Crippen LogP contribution in [0, 0.1) is 0 Å². The number of rotatable bonds is 6. The van der Waals surface area contributed by atoms with Crippen molar-refractivity contribution in [1.29, 1.82) is 0 Å². The first kappa shape index (κ1) is 19.3. The summed E-state index contributed by atoms with van der Waals surface area (Å²) >= 11 is 3.40. The minimum absolute atomic E-state index is 0.0731. The standard InChI is InChI=1S/C17H26N2O3S2/c1-5-13-9-14(17(21)22-6-2)16(24-13)18-15(20)10-19-7-8-23-12(4)11(19)3/h9,11-12H,5-8,10H2,1-4H3,(H,18,20). The van der Waals surface area contributed by atoms with Gasteiger partial charge in [-0.25, -0.2) is 4.79 Å². The average molecular weight is 371 g/mol. The fourth-order valence-electron chi connectivity index (χ4n) is 2.64. The van der Waals surface area contributed by atoms with E-state index in [1.54, 1.807) is 6.92 Å². The fourth-order valence-corrected chi connectivity index (χ4v) is 4.80. The SMILES string of the molecule is CCOC(=O)c1cc(CC)sc1NC(=O)CN1CCSC(C)C1C. The van der Waals surface area contributed by atoms with E-state index in [0.717, 1.165) is 23.6 Å². The highest BCUT2D eigenvalue weighted by atomic mass is 32.2. The third-order valence-corrected chi connectivity index (χ3v) is 6.77. The Morgan fingerprint density at radius 3 is 2.79 bits per heavy atom. The molecule has 2 unspecified atom stereocenters. The molecule has 0 saturated carbocycles. The molecule has 7 heteroatoms. The number of hydrogen-bond acceptors (Lipinski definition) is 6. The van der Waals surface area contributed by atoms with Gasteiger partial charge in [0.05, 0.1) is 18.7 Å². The van der Waals surface area contributed by atoms with Crippen LogP contribution in [0.25, 0.3) is 0 Å². The van der Waals surface area contributed by atoms with Gasteiger partial charge in [-0.3, -0.25) is 9.69 Å². The maximum absolute atomic E-state index is 12.5. The van der Waals surface area contributed by atoms with Gasteiger partial charge in [0.15, 0.2) is 0 Å². The summed E-state index contributed by atoms with van der Waals surface area (Å²) in [6, 6.07) is 2.19. The van der Waals surface area contributed by atoms with Crippen molar-refractivity contribution >= 4 is 40.0 Å². The number of aryl methyl sites for hydroxylation is 1. The molecule has 0 aliphatic carbocycles. The molecule has 2 atom stereocenters. The Kier molecular flexibility index (Phi) is 7.13. The van der Waals surface area contributed by atoms with Crippen molar-refractivity contribution in [2.75, 3.05) is 30.8 Å². The summed E-state index contributed by atoms with van der Waals surface area (Å²) in [5.74, 6) is 0.599. The topological polar surface area (TPSA) is 58.6 Å². The predicted octanol–water partition coefficient (Wildman–Crippen LogP) is 3.25. The van der Waals surface area contributed by atoms with Crippen LogP contribution in [0.1, 0.15) is 42.9 Å². The van der Waals surface area contributed by atoms with Gasteiger partial charge in [-0.1, -0.05) is 13.8 Å². The van der Waals surface area contributed by atoms with Crippen molar-refractivity contribution in [2.45, 2.75) is 45.4 Å². The van der Waals surface area contributed by atoms with Crippen LogP contribution < -0.4 is 5.32 Å². The monoisotopic (exact) mass is 370 g/mol. The number of anilines is 1. The molecule has 24 heavy (non-hydrogen) atoms. The van der Waals surface area contributed by atoms with Gasteiger partial charge in [-0.05, 0) is 26.3 Å². The largest absolute Gasteiger partial charge is 0.462 e. The molecule has 1 amide bonds. The summed E-state index contributed by atoms with van der Waals surface area (Å²) < 4.78 is 5.09. The molecule has 1 aliphatic rings. The summed E-state index contributed by atoms with van der Waals surface area (Å²) in [5, 5.41) is 4.04. The van der Waals surface area contributed by atoms with Crippen LogP contribution in [-0.2, 0) is 16.0 Å². The normalized spacial score (nSPS) is 21.5. The Hall–Kier alpha value is -1.05. The highest BCUT2D eigenvalue weighted by Crippen LogP contribution is 2.30. The first-order chi connectivity index (χ1) is 11.5.